The van der Waals surface area contributed by atoms with Crippen LogP contribution in [0.15, 0.2) is 12.1 Å². The van der Waals surface area contributed by atoms with Crippen molar-refractivity contribution in [2.75, 3.05) is 31.7 Å². The first-order valence-corrected chi connectivity index (χ1v) is 7.01. The number of rotatable bonds is 3. The van der Waals surface area contributed by atoms with Gasteiger partial charge >= 0.3 is 0 Å². The molecule has 1 atom stereocenters. The molecule has 0 amide bonds. The van der Waals surface area contributed by atoms with Crippen molar-refractivity contribution in [3.8, 4) is 0 Å². The molecule has 2 aromatic rings. The molecule has 108 valence electrons. The summed E-state index contributed by atoms with van der Waals surface area (Å²) in [6, 6.07) is 2.05. The van der Waals surface area contributed by atoms with Crippen molar-refractivity contribution in [3.05, 3.63) is 23.8 Å². The summed E-state index contributed by atoms with van der Waals surface area (Å²) in [5.74, 6) is -1.32. The summed E-state index contributed by atoms with van der Waals surface area (Å²) >= 11 is 1.17. The average molecular weight is 302 g/mol. The molecule has 0 radical (unpaired) electrons. The summed E-state index contributed by atoms with van der Waals surface area (Å²) in [6.07, 6.45) is 0.341. The molecular weight excluding hydrogens is 289 g/mol. The molecule has 20 heavy (non-hydrogen) atoms. The van der Waals surface area contributed by atoms with Gasteiger partial charge < -0.3 is 9.64 Å². The van der Waals surface area contributed by atoms with Crippen LogP contribution < -0.4 is 4.90 Å². The van der Waals surface area contributed by atoms with Crippen LogP contribution in [0.2, 0.25) is 0 Å². The minimum Gasteiger partial charge on any atom is -0.381 e. The Labute approximate surface area is 118 Å². The molecule has 1 aromatic carbocycles. The number of thiazole rings is 1. The van der Waals surface area contributed by atoms with E-state index in [0.29, 0.717) is 22.8 Å². The predicted octanol–water partition coefficient (Wildman–Crippen LogP) is 3.14. The molecule has 3 nitrogen and oxygen atoms in total. The van der Waals surface area contributed by atoms with Crippen LogP contribution in [-0.4, -0.2) is 37.5 Å². The zero-order valence-electron chi connectivity index (χ0n) is 10.8. The molecule has 3 rings (SSSR count). The summed E-state index contributed by atoms with van der Waals surface area (Å²) in [5.41, 5.74) is -1.27. The van der Waals surface area contributed by atoms with Gasteiger partial charge in [0.1, 0.15) is 11.3 Å². The first-order chi connectivity index (χ1) is 9.50. The molecule has 1 fully saturated rings. The van der Waals surface area contributed by atoms with Crippen LogP contribution in [0.5, 0.6) is 0 Å². The highest BCUT2D eigenvalue weighted by Gasteiger charge is 2.39. The van der Waals surface area contributed by atoms with E-state index in [1.165, 1.54) is 24.5 Å². The van der Waals surface area contributed by atoms with Gasteiger partial charge in [-0.2, -0.15) is 0 Å². The Balaban J connectivity index is 1.90. The Bertz CT molecular complexity index is 648. The van der Waals surface area contributed by atoms with Crippen molar-refractivity contribution in [2.24, 2.45) is 0 Å². The molecule has 0 N–H and O–H groups in total. The van der Waals surface area contributed by atoms with Gasteiger partial charge in [-0.25, -0.2) is 18.2 Å². The second-order valence-electron chi connectivity index (χ2n) is 4.99. The number of halogens is 3. The Morgan fingerprint density at radius 1 is 1.45 bits per heavy atom. The fourth-order valence-electron chi connectivity index (χ4n) is 2.46. The Morgan fingerprint density at radius 2 is 2.25 bits per heavy atom. The number of methoxy groups -OCH3 is 1. The summed E-state index contributed by atoms with van der Waals surface area (Å²) < 4.78 is 46.4. The molecule has 1 aliphatic heterocycles. The Morgan fingerprint density at radius 3 is 3.00 bits per heavy atom. The summed E-state index contributed by atoms with van der Waals surface area (Å²) in [7, 11) is 1.46. The standard InChI is InChI=1S/C13H13F3N2OS/c1-19-7-13(16)2-3-18(6-13)12-17-11-9(15)4-8(14)5-10(11)20-12/h4-5H,2-3,6-7H2,1H3. The van der Waals surface area contributed by atoms with E-state index in [0.717, 1.165) is 6.07 Å². The van der Waals surface area contributed by atoms with Gasteiger partial charge in [0.15, 0.2) is 16.6 Å². The van der Waals surface area contributed by atoms with E-state index in [4.69, 9.17) is 4.74 Å². The third kappa shape index (κ3) is 2.35. The minimum absolute atomic E-state index is 0.0252. The van der Waals surface area contributed by atoms with E-state index in [2.05, 4.69) is 4.98 Å². The van der Waals surface area contributed by atoms with Crippen molar-refractivity contribution in [3.63, 3.8) is 0 Å². The van der Waals surface area contributed by atoms with Crippen molar-refractivity contribution in [2.45, 2.75) is 12.1 Å². The first kappa shape index (κ1) is 13.6. The second-order valence-corrected chi connectivity index (χ2v) is 6.00. The number of benzene rings is 1. The normalized spacial score (nSPS) is 22.9. The van der Waals surface area contributed by atoms with Crippen LogP contribution in [-0.2, 0) is 4.74 Å². The fraction of sp³-hybridized carbons (Fsp3) is 0.462. The summed E-state index contributed by atoms with van der Waals surface area (Å²) in [6.45, 7) is 0.673. The van der Waals surface area contributed by atoms with Crippen LogP contribution in [0.1, 0.15) is 6.42 Å². The smallest absolute Gasteiger partial charge is 0.186 e. The third-order valence-electron chi connectivity index (χ3n) is 3.38. The highest BCUT2D eigenvalue weighted by Crippen LogP contribution is 2.36. The zero-order valence-corrected chi connectivity index (χ0v) is 11.6. The van der Waals surface area contributed by atoms with E-state index < -0.39 is 17.3 Å². The first-order valence-electron chi connectivity index (χ1n) is 6.19. The molecule has 0 spiro atoms. The third-order valence-corrected chi connectivity index (χ3v) is 4.44. The number of hydrogen-bond donors (Lipinski definition) is 0. The number of alkyl halides is 1. The average Bonchev–Trinajstić information content (AvgIpc) is 2.93. The van der Waals surface area contributed by atoms with E-state index in [-0.39, 0.29) is 18.7 Å². The highest BCUT2D eigenvalue weighted by atomic mass is 32.1. The lowest BCUT2D eigenvalue weighted by Crippen LogP contribution is -2.33. The van der Waals surface area contributed by atoms with E-state index in [9.17, 15) is 13.2 Å². The van der Waals surface area contributed by atoms with Crippen LogP contribution in [0.3, 0.4) is 0 Å². The van der Waals surface area contributed by atoms with E-state index >= 15 is 0 Å². The largest absolute Gasteiger partial charge is 0.381 e. The van der Waals surface area contributed by atoms with Gasteiger partial charge in [-0.15, -0.1) is 0 Å². The van der Waals surface area contributed by atoms with Gasteiger partial charge in [0.05, 0.1) is 17.9 Å². The molecule has 2 heterocycles. The number of anilines is 1. The number of ether oxygens (including phenoxy) is 1. The van der Waals surface area contributed by atoms with Gasteiger partial charge in [0.25, 0.3) is 0 Å². The molecule has 1 saturated heterocycles. The Hall–Kier alpha value is -1.34. The molecule has 0 aliphatic carbocycles. The number of nitrogens with zero attached hydrogens (tertiary/aromatic N) is 2. The second kappa shape index (κ2) is 4.89. The minimum atomic E-state index is -1.41. The van der Waals surface area contributed by atoms with Gasteiger partial charge in [0.2, 0.25) is 0 Å². The maximum absolute atomic E-state index is 14.3. The van der Waals surface area contributed by atoms with Crippen molar-refractivity contribution in [1.82, 2.24) is 4.98 Å². The van der Waals surface area contributed by atoms with E-state index in [1.807, 2.05) is 0 Å². The van der Waals surface area contributed by atoms with Gasteiger partial charge in [-0.05, 0) is 6.07 Å². The van der Waals surface area contributed by atoms with Crippen LogP contribution in [0.4, 0.5) is 18.3 Å². The maximum Gasteiger partial charge on any atom is 0.186 e. The van der Waals surface area contributed by atoms with Crippen molar-refractivity contribution < 1.29 is 17.9 Å². The SMILES string of the molecule is COCC1(F)CCN(c2nc3c(F)cc(F)cc3s2)C1. The molecule has 1 aliphatic rings. The lowest BCUT2D eigenvalue weighted by Gasteiger charge is -2.19. The van der Waals surface area contributed by atoms with Gasteiger partial charge in [-0.3, -0.25) is 0 Å². The van der Waals surface area contributed by atoms with Crippen LogP contribution >= 0.6 is 11.3 Å². The molecular formula is C13H13F3N2OS. The topological polar surface area (TPSA) is 25.4 Å². The molecule has 1 aromatic heterocycles. The lowest BCUT2D eigenvalue weighted by molar-refractivity contribution is 0.0571. The summed E-state index contributed by atoms with van der Waals surface area (Å²) in [5, 5.41) is 0.514. The lowest BCUT2D eigenvalue weighted by atomic mass is 10.1. The van der Waals surface area contributed by atoms with Gasteiger partial charge in [-0.1, -0.05) is 11.3 Å². The number of hydrogen-bond acceptors (Lipinski definition) is 4. The molecule has 0 bridgehead atoms. The quantitative estimate of drug-likeness (QED) is 0.871. The Kier molecular flexibility index (Phi) is 3.33. The van der Waals surface area contributed by atoms with Crippen LogP contribution in [0, 0.1) is 11.6 Å². The van der Waals surface area contributed by atoms with E-state index in [1.54, 1.807) is 4.90 Å². The maximum atomic E-state index is 14.3. The zero-order chi connectivity index (χ0) is 14.3. The van der Waals surface area contributed by atoms with Gasteiger partial charge in [0, 0.05) is 26.1 Å². The van der Waals surface area contributed by atoms with Crippen molar-refractivity contribution >= 4 is 26.7 Å². The molecule has 7 heteroatoms. The van der Waals surface area contributed by atoms with Crippen molar-refractivity contribution in [1.29, 1.82) is 0 Å². The fourth-order valence-corrected chi connectivity index (χ4v) is 3.49. The molecule has 1 unspecified atom stereocenters. The monoisotopic (exact) mass is 302 g/mol. The molecule has 0 saturated carbocycles. The highest BCUT2D eigenvalue weighted by molar-refractivity contribution is 7.22. The number of fused-ring (bicyclic) bond motifs is 1. The van der Waals surface area contributed by atoms with Crippen LogP contribution in [0.25, 0.3) is 10.2 Å². The number of aromatic nitrogens is 1. The predicted molar refractivity (Wildman–Crippen MR) is 72.1 cm³/mol. The summed E-state index contributed by atoms with van der Waals surface area (Å²) in [4.78, 5) is 5.91.